The van der Waals surface area contributed by atoms with Crippen LogP contribution in [0.3, 0.4) is 0 Å². The lowest BCUT2D eigenvalue weighted by Crippen LogP contribution is -2.01. The molecule has 4 aromatic rings. The zero-order chi connectivity index (χ0) is 22.2. The van der Waals surface area contributed by atoms with E-state index in [1.807, 2.05) is 84.9 Å². The van der Waals surface area contributed by atoms with Crippen molar-refractivity contribution < 1.29 is 19.7 Å². The highest BCUT2D eigenvalue weighted by Crippen LogP contribution is 2.26. The highest BCUT2D eigenvalue weighted by atomic mass is 16.5. The first-order chi connectivity index (χ1) is 15.8. The summed E-state index contributed by atoms with van der Waals surface area (Å²) in [6.07, 6.45) is 0. The summed E-state index contributed by atoms with van der Waals surface area (Å²) in [7, 11) is 0. The molecule has 2 aromatic heterocycles. The molecule has 32 heavy (non-hydrogen) atoms. The Hall–Kier alpha value is -3.74. The van der Waals surface area contributed by atoms with Crippen molar-refractivity contribution in [3.63, 3.8) is 0 Å². The van der Waals surface area contributed by atoms with Gasteiger partial charge in [-0.3, -0.25) is 0 Å². The van der Waals surface area contributed by atoms with Crippen LogP contribution in [0.2, 0.25) is 0 Å². The lowest BCUT2D eigenvalue weighted by molar-refractivity contribution is 0.201. The Bertz CT molecular complexity index is 1050. The van der Waals surface area contributed by atoms with Gasteiger partial charge in [0.1, 0.15) is 24.7 Å². The monoisotopic (exact) mass is 428 g/mol. The van der Waals surface area contributed by atoms with E-state index in [2.05, 4.69) is 0 Å². The van der Waals surface area contributed by atoms with Crippen molar-refractivity contribution in [3.05, 3.63) is 84.9 Å². The van der Waals surface area contributed by atoms with E-state index >= 15 is 0 Å². The minimum atomic E-state index is -0.0148. The third-order valence-electron chi connectivity index (χ3n) is 4.78. The fourth-order valence-electron chi connectivity index (χ4n) is 3.25. The Morgan fingerprint density at radius 3 is 1.25 bits per heavy atom. The molecule has 0 aliphatic heterocycles. The summed E-state index contributed by atoms with van der Waals surface area (Å²) in [5.41, 5.74) is 5.19. The summed E-state index contributed by atoms with van der Waals surface area (Å²) >= 11 is 0. The second-order valence-corrected chi connectivity index (χ2v) is 7.01. The molecule has 0 radical (unpaired) electrons. The van der Waals surface area contributed by atoms with Crippen LogP contribution in [-0.4, -0.2) is 46.6 Å². The Balaban J connectivity index is 1.56. The van der Waals surface area contributed by atoms with Crippen molar-refractivity contribution >= 4 is 0 Å². The predicted molar refractivity (Wildman–Crippen MR) is 124 cm³/mol. The van der Waals surface area contributed by atoms with Crippen molar-refractivity contribution in [2.24, 2.45) is 0 Å². The Morgan fingerprint density at radius 2 is 0.875 bits per heavy atom. The minimum absolute atomic E-state index is 0.0148. The highest BCUT2D eigenvalue weighted by Gasteiger charge is 2.08. The Kier molecular flexibility index (Phi) is 7.07. The van der Waals surface area contributed by atoms with Crippen LogP contribution in [0, 0.1) is 0 Å². The van der Waals surface area contributed by atoms with E-state index in [1.165, 1.54) is 0 Å². The van der Waals surface area contributed by atoms with Crippen LogP contribution < -0.4 is 9.47 Å². The van der Waals surface area contributed by atoms with E-state index in [0.29, 0.717) is 11.5 Å². The van der Waals surface area contributed by atoms with E-state index in [-0.39, 0.29) is 26.4 Å². The average molecular weight is 428 g/mol. The molecule has 0 aliphatic carbocycles. The molecule has 2 N–H and O–H groups in total. The van der Waals surface area contributed by atoms with Crippen LogP contribution in [0.5, 0.6) is 11.5 Å². The molecular formula is C26H24N2O4. The Morgan fingerprint density at radius 1 is 0.500 bits per heavy atom. The average Bonchev–Trinajstić information content (AvgIpc) is 2.87. The largest absolute Gasteiger partial charge is 0.491 e. The van der Waals surface area contributed by atoms with Crippen LogP contribution in [0.25, 0.3) is 33.9 Å². The topological polar surface area (TPSA) is 84.7 Å². The second kappa shape index (κ2) is 10.5. The number of nitrogens with zero attached hydrogens (tertiary/aromatic N) is 2. The van der Waals surface area contributed by atoms with Gasteiger partial charge in [0, 0.05) is 11.1 Å². The summed E-state index contributed by atoms with van der Waals surface area (Å²) in [5.74, 6) is 1.42. The Labute approximate surface area is 186 Å². The molecule has 0 fully saturated rings. The summed E-state index contributed by atoms with van der Waals surface area (Å²) < 4.78 is 10.8. The summed E-state index contributed by atoms with van der Waals surface area (Å²) in [5, 5.41) is 17.8. The maximum atomic E-state index is 8.88. The first kappa shape index (κ1) is 21.5. The van der Waals surface area contributed by atoms with E-state index in [9.17, 15) is 0 Å². The lowest BCUT2D eigenvalue weighted by atomic mass is 10.1. The van der Waals surface area contributed by atoms with Crippen molar-refractivity contribution in [1.29, 1.82) is 0 Å². The van der Waals surface area contributed by atoms with Crippen LogP contribution in [0.15, 0.2) is 84.9 Å². The quantitative estimate of drug-likeness (QED) is 0.415. The lowest BCUT2D eigenvalue weighted by Gasteiger charge is -2.09. The molecular weight excluding hydrogens is 404 g/mol. The maximum absolute atomic E-state index is 8.88. The van der Waals surface area contributed by atoms with Crippen LogP contribution in [0.4, 0.5) is 0 Å². The molecule has 0 amide bonds. The van der Waals surface area contributed by atoms with Gasteiger partial charge in [0.25, 0.3) is 0 Å². The summed E-state index contributed by atoms with van der Waals surface area (Å²) in [6.45, 7) is 0.513. The highest BCUT2D eigenvalue weighted by molar-refractivity contribution is 5.67. The van der Waals surface area contributed by atoms with Crippen molar-refractivity contribution in [3.8, 4) is 45.4 Å². The van der Waals surface area contributed by atoms with Crippen molar-refractivity contribution in [2.45, 2.75) is 0 Å². The SMILES string of the molecule is OCCOc1ccc(-c2cccc(-c3cccc(-c4ccc(OCCO)cc4)n3)n2)cc1. The third kappa shape index (κ3) is 5.29. The number of hydrogen-bond acceptors (Lipinski definition) is 6. The van der Waals surface area contributed by atoms with Gasteiger partial charge in [-0.25, -0.2) is 9.97 Å². The number of benzene rings is 2. The molecule has 0 saturated heterocycles. The van der Waals surface area contributed by atoms with Gasteiger partial charge in [-0.1, -0.05) is 12.1 Å². The molecule has 0 spiro atoms. The van der Waals surface area contributed by atoms with Crippen LogP contribution in [0.1, 0.15) is 0 Å². The maximum Gasteiger partial charge on any atom is 0.119 e. The number of aliphatic hydroxyl groups excluding tert-OH is 2. The van der Waals surface area contributed by atoms with Gasteiger partial charge in [0.2, 0.25) is 0 Å². The number of hydrogen-bond donors (Lipinski definition) is 2. The van der Waals surface area contributed by atoms with E-state index in [0.717, 1.165) is 33.9 Å². The minimum Gasteiger partial charge on any atom is -0.491 e. The third-order valence-corrected chi connectivity index (χ3v) is 4.78. The molecule has 6 heteroatoms. The van der Waals surface area contributed by atoms with Gasteiger partial charge in [-0.15, -0.1) is 0 Å². The molecule has 6 nitrogen and oxygen atoms in total. The summed E-state index contributed by atoms with van der Waals surface area (Å²) in [6, 6.07) is 27.0. The first-order valence-electron chi connectivity index (χ1n) is 10.4. The summed E-state index contributed by atoms with van der Waals surface area (Å²) in [4.78, 5) is 9.60. The molecule has 2 aromatic carbocycles. The zero-order valence-electron chi connectivity index (χ0n) is 17.5. The van der Waals surface area contributed by atoms with Crippen molar-refractivity contribution in [2.75, 3.05) is 26.4 Å². The fourth-order valence-corrected chi connectivity index (χ4v) is 3.25. The van der Waals surface area contributed by atoms with Crippen molar-refractivity contribution in [1.82, 2.24) is 9.97 Å². The molecule has 4 rings (SSSR count). The first-order valence-corrected chi connectivity index (χ1v) is 10.4. The number of aromatic nitrogens is 2. The van der Waals surface area contributed by atoms with Crippen LogP contribution in [-0.2, 0) is 0 Å². The normalized spacial score (nSPS) is 10.7. The van der Waals surface area contributed by atoms with Gasteiger partial charge in [0.15, 0.2) is 0 Å². The van der Waals surface area contributed by atoms with E-state index in [1.54, 1.807) is 0 Å². The van der Waals surface area contributed by atoms with E-state index in [4.69, 9.17) is 29.7 Å². The number of aliphatic hydroxyl groups is 2. The standard InChI is InChI=1S/C26H24N2O4/c29-15-17-31-21-11-7-19(8-12-21)23-3-1-5-25(27-23)26-6-2-4-24(28-26)20-9-13-22(14-10-20)32-18-16-30/h1-14,29-30H,15-18H2. The van der Waals surface area contributed by atoms with E-state index < -0.39 is 0 Å². The fraction of sp³-hybridized carbons (Fsp3) is 0.154. The number of ether oxygens (including phenoxy) is 2. The number of rotatable bonds is 9. The molecule has 0 unspecified atom stereocenters. The molecule has 0 atom stereocenters. The predicted octanol–water partition coefficient (Wildman–Crippen LogP) is 4.22. The van der Waals surface area contributed by atoms with Crippen LogP contribution >= 0.6 is 0 Å². The molecule has 162 valence electrons. The zero-order valence-corrected chi connectivity index (χ0v) is 17.5. The smallest absolute Gasteiger partial charge is 0.119 e. The van der Waals surface area contributed by atoms with Gasteiger partial charge in [-0.05, 0) is 72.8 Å². The van der Waals surface area contributed by atoms with Gasteiger partial charge >= 0.3 is 0 Å². The second-order valence-electron chi connectivity index (χ2n) is 7.01. The molecule has 0 bridgehead atoms. The van der Waals surface area contributed by atoms with Gasteiger partial charge in [-0.2, -0.15) is 0 Å². The van der Waals surface area contributed by atoms with Gasteiger partial charge < -0.3 is 19.7 Å². The molecule has 0 aliphatic rings. The molecule has 2 heterocycles. The van der Waals surface area contributed by atoms with Gasteiger partial charge in [0.05, 0.1) is 36.0 Å². The molecule has 0 saturated carbocycles. The number of pyridine rings is 2.